The molecule has 0 saturated carbocycles. The molecule has 198 valence electrons. The molecule has 0 atom stereocenters. The summed E-state index contributed by atoms with van der Waals surface area (Å²) >= 11 is 0. The van der Waals surface area contributed by atoms with E-state index in [1.807, 2.05) is 0 Å². The molecule has 1 amide bonds. The second kappa shape index (κ2) is 11.2. The van der Waals surface area contributed by atoms with Gasteiger partial charge in [0, 0.05) is 24.5 Å². The second-order valence-electron chi connectivity index (χ2n) is 9.44. The maximum Gasteiger partial charge on any atom is 0.419 e. The van der Waals surface area contributed by atoms with Gasteiger partial charge in [-0.1, -0.05) is 26.0 Å². The van der Waals surface area contributed by atoms with E-state index in [-0.39, 0.29) is 42.3 Å². The zero-order valence-electron chi connectivity index (χ0n) is 20.1. The van der Waals surface area contributed by atoms with E-state index in [2.05, 4.69) is 5.32 Å². The van der Waals surface area contributed by atoms with Crippen molar-refractivity contribution < 1.29 is 35.5 Å². The number of nitrogens with zero attached hydrogens (tertiary/aromatic N) is 1. The first-order chi connectivity index (χ1) is 16.8. The van der Waals surface area contributed by atoms with Crippen molar-refractivity contribution in [3.63, 3.8) is 0 Å². The molecule has 3 rings (SSSR count). The van der Waals surface area contributed by atoms with Gasteiger partial charge >= 0.3 is 6.18 Å². The number of benzene rings is 2. The van der Waals surface area contributed by atoms with Gasteiger partial charge in [-0.25, -0.2) is 12.8 Å². The number of nitrogens with one attached hydrogen (secondary N) is 1. The van der Waals surface area contributed by atoms with E-state index in [9.17, 15) is 30.8 Å². The molecule has 0 bridgehead atoms. The number of para-hydroxylation sites is 1. The van der Waals surface area contributed by atoms with E-state index in [1.165, 1.54) is 34.6 Å². The van der Waals surface area contributed by atoms with Crippen molar-refractivity contribution in [2.24, 2.45) is 5.41 Å². The zero-order valence-corrected chi connectivity index (χ0v) is 21.0. The lowest BCUT2D eigenvalue weighted by atomic mass is 9.86. The van der Waals surface area contributed by atoms with Crippen molar-refractivity contribution >= 4 is 15.9 Å². The summed E-state index contributed by atoms with van der Waals surface area (Å²) in [4.78, 5) is 12.9. The third kappa shape index (κ3) is 6.97. The number of carbonyl (C=O) groups is 1. The summed E-state index contributed by atoms with van der Waals surface area (Å²) in [6.45, 7) is 3.97. The molecule has 6 nitrogen and oxygen atoms in total. The summed E-state index contributed by atoms with van der Waals surface area (Å²) in [6, 6.07) is 9.45. The third-order valence-corrected chi connectivity index (χ3v) is 8.16. The Morgan fingerprint density at radius 2 is 1.67 bits per heavy atom. The van der Waals surface area contributed by atoms with Crippen LogP contribution in [-0.2, 0) is 21.0 Å². The molecule has 0 aromatic heterocycles. The molecule has 0 radical (unpaired) electrons. The van der Waals surface area contributed by atoms with Gasteiger partial charge in [0.1, 0.15) is 11.6 Å². The van der Waals surface area contributed by atoms with Crippen LogP contribution in [0.1, 0.15) is 45.1 Å². The molecule has 0 aliphatic carbocycles. The number of hydrogen-bond donors (Lipinski definition) is 1. The Labute approximate surface area is 208 Å². The first-order valence-corrected chi connectivity index (χ1v) is 13.1. The number of amides is 1. The van der Waals surface area contributed by atoms with Crippen LogP contribution in [0.25, 0.3) is 0 Å². The molecular weight excluding hydrogens is 500 g/mol. The van der Waals surface area contributed by atoms with E-state index >= 15 is 0 Å². The van der Waals surface area contributed by atoms with Crippen LogP contribution in [0, 0.1) is 11.2 Å². The first-order valence-electron chi connectivity index (χ1n) is 11.7. The average Bonchev–Trinajstić information content (AvgIpc) is 2.82. The maximum atomic E-state index is 13.1. The number of alkyl halides is 3. The number of carbonyl (C=O) groups excluding carboxylic acids is 1. The van der Waals surface area contributed by atoms with Crippen LogP contribution in [0.4, 0.5) is 17.6 Å². The standard InChI is InChI=1S/C25H30F4N2O4S/c1-24(2,14-5-17-35-22-7-4-3-6-21(22)25(27,28)29)23(32)30-19-12-15-31(16-13-19)36(33,34)20-10-8-18(26)9-11-20/h3-4,6-11,19H,5,12-17H2,1-2H3,(H,30,32). The summed E-state index contributed by atoms with van der Waals surface area (Å²) in [7, 11) is -3.74. The van der Waals surface area contributed by atoms with Crippen molar-refractivity contribution in [2.75, 3.05) is 19.7 Å². The highest BCUT2D eigenvalue weighted by molar-refractivity contribution is 7.89. The van der Waals surface area contributed by atoms with Gasteiger partial charge in [-0.2, -0.15) is 17.5 Å². The number of rotatable bonds is 9. The quantitative estimate of drug-likeness (QED) is 0.366. The minimum absolute atomic E-state index is 0.0209. The molecule has 1 aliphatic heterocycles. The van der Waals surface area contributed by atoms with Crippen LogP contribution >= 0.6 is 0 Å². The van der Waals surface area contributed by atoms with Crippen molar-refractivity contribution in [1.29, 1.82) is 0 Å². The Kier molecular flexibility index (Phi) is 8.66. The molecule has 2 aromatic carbocycles. The summed E-state index contributed by atoms with van der Waals surface area (Å²) in [6.07, 6.45) is -2.88. The topological polar surface area (TPSA) is 75.7 Å². The third-order valence-electron chi connectivity index (χ3n) is 6.25. The smallest absolute Gasteiger partial charge is 0.419 e. The Balaban J connectivity index is 1.46. The largest absolute Gasteiger partial charge is 0.493 e. The molecule has 1 aliphatic rings. The van der Waals surface area contributed by atoms with Gasteiger partial charge in [0.2, 0.25) is 15.9 Å². The first kappa shape index (κ1) is 27.9. The predicted molar refractivity (Wildman–Crippen MR) is 126 cm³/mol. The average molecular weight is 531 g/mol. The van der Waals surface area contributed by atoms with Crippen molar-refractivity contribution in [2.45, 2.75) is 56.6 Å². The molecule has 0 unspecified atom stereocenters. The lowest BCUT2D eigenvalue weighted by Gasteiger charge is -2.33. The number of sulfonamides is 1. The number of halogens is 4. The van der Waals surface area contributed by atoms with Crippen molar-refractivity contribution in [3.05, 3.63) is 59.9 Å². The fourth-order valence-corrected chi connectivity index (χ4v) is 5.48. The highest BCUT2D eigenvalue weighted by atomic mass is 32.2. The molecule has 1 saturated heterocycles. The SMILES string of the molecule is CC(C)(CCCOc1ccccc1C(F)(F)F)C(=O)NC1CCN(S(=O)(=O)c2ccc(F)cc2)CC1. The fraction of sp³-hybridized carbons (Fsp3) is 0.480. The normalized spacial score (nSPS) is 16.1. The highest BCUT2D eigenvalue weighted by Crippen LogP contribution is 2.36. The Morgan fingerprint density at radius 1 is 1.06 bits per heavy atom. The summed E-state index contributed by atoms with van der Waals surface area (Å²) in [5.41, 5.74) is -1.63. The summed E-state index contributed by atoms with van der Waals surface area (Å²) < 4.78 is 84.5. The van der Waals surface area contributed by atoms with Gasteiger partial charge in [0.15, 0.2) is 0 Å². The number of hydrogen-bond acceptors (Lipinski definition) is 4. The van der Waals surface area contributed by atoms with Crippen LogP contribution in [0.15, 0.2) is 53.4 Å². The maximum absolute atomic E-state index is 13.1. The predicted octanol–water partition coefficient (Wildman–Crippen LogP) is 5.00. The number of ether oxygens (including phenoxy) is 1. The van der Waals surface area contributed by atoms with Crippen LogP contribution in [0.5, 0.6) is 5.75 Å². The molecular formula is C25H30F4N2O4S. The minimum atomic E-state index is -4.51. The second-order valence-corrected chi connectivity index (χ2v) is 11.4. The van der Waals surface area contributed by atoms with Crippen LogP contribution in [0.2, 0.25) is 0 Å². The fourth-order valence-electron chi connectivity index (χ4n) is 4.01. The van der Waals surface area contributed by atoms with E-state index < -0.39 is 33.0 Å². The summed E-state index contributed by atoms with van der Waals surface area (Å²) in [5.74, 6) is -0.969. The van der Waals surface area contributed by atoms with Gasteiger partial charge in [-0.05, 0) is 62.1 Å². The lowest BCUT2D eigenvalue weighted by molar-refractivity contribution is -0.139. The minimum Gasteiger partial charge on any atom is -0.493 e. The molecule has 1 heterocycles. The van der Waals surface area contributed by atoms with E-state index in [4.69, 9.17) is 4.74 Å². The van der Waals surface area contributed by atoms with Crippen molar-refractivity contribution in [3.8, 4) is 5.75 Å². The monoisotopic (exact) mass is 530 g/mol. The lowest BCUT2D eigenvalue weighted by Crippen LogP contribution is -2.49. The Morgan fingerprint density at radius 3 is 2.28 bits per heavy atom. The van der Waals surface area contributed by atoms with Gasteiger partial charge in [-0.15, -0.1) is 0 Å². The summed E-state index contributed by atoms with van der Waals surface area (Å²) in [5, 5.41) is 2.97. The molecule has 36 heavy (non-hydrogen) atoms. The van der Waals surface area contributed by atoms with Gasteiger partial charge < -0.3 is 10.1 Å². The van der Waals surface area contributed by atoms with Crippen LogP contribution in [0.3, 0.4) is 0 Å². The van der Waals surface area contributed by atoms with E-state index in [0.29, 0.717) is 25.7 Å². The zero-order chi connectivity index (χ0) is 26.6. The molecule has 1 fully saturated rings. The van der Waals surface area contributed by atoms with Gasteiger partial charge in [0.05, 0.1) is 17.1 Å². The Bertz CT molecular complexity index is 1140. The molecule has 1 N–H and O–H groups in total. The van der Waals surface area contributed by atoms with Crippen LogP contribution in [-0.4, -0.2) is 44.4 Å². The van der Waals surface area contributed by atoms with E-state index in [1.54, 1.807) is 13.8 Å². The number of piperidine rings is 1. The van der Waals surface area contributed by atoms with Crippen molar-refractivity contribution in [1.82, 2.24) is 9.62 Å². The molecule has 0 spiro atoms. The van der Waals surface area contributed by atoms with Crippen LogP contribution < -0.4 is 10.1 Å². The molecule has 2 aromatic rings. The highest BCUT2D eigenvalue weighted by Gasteiger charge is 2.35. The molecule has 11 heteroatoms. The van der Waals surface area contributed by atoms with E-state index in [0.717, 1.165) is 18.2 Å². The van der Waals surface area contributed by atoms with Gasteiger partial charge in [-0.3, -0.25) is 4.79 Å². The Hall–Kier alpha value is -2.66. The van der Waals surface area contributed by atoms with Gasteiger partial charge in [0.25, 0.3) is 0 Å².